The van der Waals surface area contributed by atoms with Crippen LogP contribution in [-0.2, 0) is 4.79 Å². The third-order valence-electron chi connectivity index (χ3n) is 3.13. The van der Waals surface area contributed by atoms with E-state index in [0.29, 0.717) is 16.3 Å². The molecule has 2 aromatic rings. The van der Waals surface area contributed by atoms with Crippen molar-refractivity contribution in [1.82, 2.24) is 5.32 Å². The molecule has 0 spiro atoms. The van der Waals surface area contributed by atoms with Gasteiger partial charge >= 0.3 is 0 Å². The summed E-state index contributed by atoms with van der Waals surface area (Å²) in [5.74, 6) is -0.312. The number of rotatable bonds is 5. The Kier molecular flexibility index (Phi) is 5.56. The Morgan fingerprint density at radius 3 is 2.65 bits per heavy atom. The molecule has 1 atom stereocenters. The average Bonchev–Trinajstić information content (AvgIpc) is 2.52. The Morgan fingerprint density at radius 2 is 2.04 bits per heavy atom. The lowest BCUT2D eigenvalue weighted by molar-refractivity contribution is -0.123. The van der Waals surface area contributed by atoms with Crippen molar-refractivity contribution in [3.05, 3.63) is 64.4 Å². The van der Waals surface area contributed by atoms with Crippen LogP contribution < -0.4 is 10.1 Å². The molecule has 1 N–H and O–H groups in total. The molecule has 0 saturated carbocycles. The third kappa shape index (κ3) is 4.70. The van der Waals surface area contributed by atoms with E-state index in [2.05, 4.69) is 5.32 Å². The average molecular weight is 333 g/mol. The van der Waals surface area contributed by atoms with Gasteiger partial charge in [0.05, 0.1) is 6.07 Å². The molecule has 0 aliphatic heterocycles. The standard InChI is InChI=1S/C17H14ClFN2O2/c1-11-8-13(18)4-7-16(11)23-10-17(22)21-15(9-20)12-2-5-14(19)6-3-12/h2-8,15H,10H2,1H3,(H,21,22)/t15-/m0/s1. The molecule has 1 amide bonds. The number of carbonyl (C=O) groups is 1. The number of nitrogens with one attached hydrogen (secondary N) is 1. The number of amides is 1. The van der Waals surface area contributed by atoms with E-state index < -0.39 is 17.8 Å². The zero-order valence-corrected chi connectivity index (χ0v) is 13.1. The molecule has 0 bridgehead atoms. The zero-order valence-electron chi connectivity index (χ0n) is 12.3. The van der Waals surface area contributed by atoms with Gasteiger partial charge in [0.2, 0.25) is 0 Å². The third-order valence-corrected chi connectivity index (χ3v) is 3.37. The van der Waals surface area contributed by atoms with Gasteiger partial charge in [-0.25, -0.2) is 4.39 Å². The van der Waals surface area contributed by atoms with E-state index in [1.54, 1.807) is 18.2 Å². The summed E-state index contributed by atoms with van der Waals surface area (Å²) in [5, 5.41) is 12.3. The lowest BCUT2D eigenvalue weighted by Gasteiger charge is -2.13. The van der Waals surface area contributed by atoms with E-state index in [4.69, 9.17) is 21.6 Å². The minimum atomic E-state index is -0.863. The second-order valence-electron chi connectivity index (χ2n) is 4.88. The first-order valence-electron chi connectivity index (χ1n) is 6.83. The number of hydrogen-bond donors (Lipinski definition) is 1. The zero-order chi connectivity index (χ0) is 16.8. The van der Waals surface area contributed by atoms with Gasteiger partial charge in [-0.1, -0.05) is 23.7 Å². The lowest BCUT2D eigenvalue weighted by atomic mass is 10.1. The number of hydrogen-bond acceptors (Lipinski definition) is 3. The minimum absolute atomic E-state index is 0.234. The van der Waals surface area contributed by atoms with Gasteiger partial charge in [-0.05, 0) is 48.4 Å². The second-order valence-corrected chi connectivity index (χ2v) is 5.32. The maximum absolute atomic E-state index is 12.9. The van der Waals surface area contributed by atoms with E-state index in [-0.39, 0.29) is 6.61 Å². The highest BCUT2D eigenvalue weighted by molar-refractivity contribution is 6.30. The maximum Gasteiger partial charge on any atom is 0.259 e. The molecule has 4 nitrogen and oxygen atoms in total. The van der Waals surface area contributed by atoms with Crippen molar-refractivity contribution in [3.63, 3.8) is 0 Å². The molecule has 0 unspecified atom stereocenters. The van der Waals surface area contributed by atoms with Gasteiger partial charge in [0.1, 0.15) is 17.6 Å². The van der Waals surface area contributed by atoms with Crippen molar-refractivity contribution in [3.8, 4) is 11.8 Å². The molecule has 0 fully saturated rings. The van der Waals surface area contributed by atoms with E-state index in [1.807, 2.05) is 13.0 Å². The summed E-state index contributed by atoms with van der Waals surface area (Å²) >= 11 is 5.85. The predicted molar refractivity (Wildman–Crippen MR) is 84.6 cm³/mol. The van der Waals surface area contributed by atoms with E-state index in [1.165, 1.54) is 24.3 Å². The van der Waals surface area contributed by atoms with Gasteiger partial charge in [0.15, 0.2) is 6.61 Å². The molecule has 23 heavy (non-hydrogen) atoms. The van der Waals surface area contributed by atoms with Crippen LogP contribution >= 0.6 is 11.6 Å². The molecule has 0 heterocycles. The van der Waals surface area contributed by atoms with Crippen molar-refractivity contribution < 1.29 is 13.9 Å². The normalized spacial score (nSPS) is 11.4. The van der Waals surface area contributed by atoms with Crippen LogP contribution in [0.25, 0.3) is 0 Å². The topological polar surface area (TPSA) is 62.1 Å². The number of nitrogens with zero attached hydrogens (tertiary/aromatic N) is 1. The van der Waals surface area contributed by atoms with Crippen LogP contribution in [0.3, 0.4) is 0 Å². The Morgan fingerprint density at radius 1 is 1.35 bits per heavy atom. The van der Waals surface area contributed by atoms with Crippen LogP contribution in [0.2, 0.25) is 5.02 Å². The summed E-state index contributed by atoms with van der Waals surface area (Å²) < 4.78 is 18.3. The van der Waals surface area contributed by atoms with E-state index in [9.17, 15) is 9.18 Å². The van der Waals surface area contributed by atoms with Crippen molar-refractivity contribution in [2.75, 3.05) is 6.61 Å². The van der Waals surface area contributed by atoms with Crippen LogP contribution in [0.4, 0.5) is 4.39 Å². The van der Waals surface area contributed by atoms with Crippen LogP contribution in [0, 0.1) is 24.1 Å². The molecule has 6 heteroatoms. The minimum Gasteiger partial charge on any atom is -0.484 e. The molecule has 0 aliphatic carbocycles. The summed E-state index contributed by atoms with van der Waals surface area (Å²) in [4.78, 5) is 11.9. The first kappa shape index (κ1) is 16.8. The summed E-state index contributed by atoms with van der Waals surface area (Å²) in [5.41, 5.74) is 1.31. The fraction of sp³-hybridized carbons (Fsp3) is 0.176. The number of ether oxygens (including phenoxy) is 1. The van der Waals surface area contributed by atoms with E-state index >= 15 is 0 Å². The largest absolute Gasteiger partial charge is 0.484 e. The number of halogens is 2. The number of carbonyl (C=O) groups excluding carboxylic acids is 1. The van der Waals surface area contributed by atoms with Crippen LogP contribution in [0.1, 0.15) is 17.2 Å². The lowest BCUT2D eigenvalue weighted by Crippen LogP contribution is -2.32. The Labute approximate surface area is 138 Å². The molecular weight excluding hydrogens is 319 g/mol. The first-order valence-corrected chi connectivity index (χ1v) is 7.21. The van der Waals surface area contributed by atoms with Crippen LogP contribution in [-0.4, -0.2) is 12.5 Å². The first-order chi connectivity index (χ1) is 11.0. The van der Waals surface area contributed by atoms with Gasteiger partial charge in [-0.3, -0.25) is 4.79 Å². The molecule has 2 rings (SSSR count). The summed E-state index contributed by atoms with van der Waals surface area (Å²) in [7, 11) is 0. The van der Waals surface area contributed by atoms with Gasteiger partial charge in [-0.2, -0.15) is 5.26 Å². The maximum atomic E-state index is 12.9. The van der Waals surface area contributed by atoms with Gasteiger partial charge in [0, 0.05) is 5.02 Å². The highest BCUT2D eigenvalue weighted by Crippen LogP contribution is 2.21. The molecule has 2 aromatic carbocycles. The highest BCUT2D eigenvalue weighted by Gasteiger charge is 2.14. The van der Waals surface area contributed by atoms with Crippen molar-refractivity contribution in [2.45, 2.75) is 13.0 Å². The molecule has 0 saturated heterocycles. The van der Waals surface area contributed by atoms with Crippen LogP contribution in [0.15, 0.2) is 42.5 Å². The predicted octanol–water partition coefficient (Wildman–Crippen LogP) is 3.55. The van der Waals surface area contributed by atoms with Gasteiger partial charge in [0.25, 0.3) is 5.91 Å². The number of benzene rings is 2. The Bertz CT molecular complexity index is 741. The van der Waals surface area contributed by atoms with Crippen LogP contribution in [0.5, 0.6) is 5.75 Å². The monoisotopic (exact) mass is 332 g/mol. The van der Waals surface area contributed by atoms with E-state index in [0.717, 1.165) is 5.56 Å². The fourth-order valence-electron chi connectivity index (χ4n) is 1.97. The number of aryl methyl sites for hydroxylation is 1. The Balaban J connectivity index is 1.95. The molecule has 118 valence electrons. The van der Waals surface area contributed by atoms with Crippen molar-refractivity contribution >= 4 is 17.5 Å². The summed E-state index contributed by atoms with van der Waals surface area (Å²) in [6.45, 7) is 1.58. The number of nitriles is 1. The molecular formula is C17H14ClFN2O2. The summed E-state index contributed by atoms with van der Waals surface area (Å²) in [6, 6.07) is 11.5. The van der Waals surface area contributed by atoms with Crippen molar-refractivity contribution in [1.29, 1.82) is 5.26 Å². The second kappa shape index (κ2) is 7.61. The Hall–Kier alpha value is -2.58. The molecule has 0 radical (unpaired) electrons. The van der Waals surface area contributed by atoms with Gasteiger partial charge in [-0.15, -0.1) is 0 Å². The quantitative estimate of drug-likeness (QED) is 0.910. The van der Waals surface area contributed by atoms with Crippen molar-refractivity contribution in [2.24, 2.45) is 0 Å². The molecule has 0 aliphatic rings. The smallest absolute Gasteiger partial charge is 0.259 e. The molecule has 0 aromatic heterocycles. The SMILES string of the molecule is Cc1cc(Cl)ccc1OCC(=O)N[C@@H](C#N)c1ccc(F)cc1. The summed E-state index contributed by atoms with van der Waals surface area (Å²) in [6.07, 6.45) is 0. The highest BCUT2D eigenvalue weighted by atomic mass is 35.5. The van der Waals surface area contributed by atoms with Gasteiger partial charge < -0.3 is 10.1 Å². The fourth-order valence-corrected chi connectivity index (χ4v) is 2.19.